The first-order valence-corrected chi connectivity index (χ1v) is 12.1. The monoisotopic (exact) mass is 533 g/mol. The van der Waals surface area contributed by atoms with Crippen molar-refractivity contribution in [3.8, 4) is 17.1 Å². The summed E-state index contributed by atoms with van der Waals surface area (Å²) in [4.78, 5) is 23.0. The predicted octanol–water partition coefficient (Wildman–Crippen LogP) is 5.78. The molecule has 0 radical (unpaired) electrons. The summed E-state index contributed by atoms with van der Waals surface area (Å²) in [6, 6.07) is 9.16. The van der Waals surface area contributed by atoms with Gasteiger partial charge in [0.15, 0.2) is 0 Å². The van der Waals surface area contributed by atoms with Crippen LogP contribution in [-0.2, 0) is 6.18 Å². The van der Waals surface area contributed by atoms with E-state index in [-0.39, 0.29) is 22.5 Å². The molecule has 2 heterocycles. The van der Waals surface area contributed by atoms with Gasteiger partial charge in [-0.2, -0.15) is 18.2 Å². The summed E-state index contributed by atoms with van der Waals surface area (Å²) in [5.74, 6) is -0.933. The van der Waals surface area contributed by atoms with E-state index in [0.29, 0.717) is 11.6 Å². The number of nitrogens with two attached hydrogens (primary N) is 1. The molecule has 11 heteroatoms. The van der Waals surface area contributed by atoms with Gasteiger partial charge in [-0.25, -0.2) is 4.98 Å². The second-order valence-corrected chi connectivity index (χ2v) is 9.49. The van der Waals surface area contributed by atoms with Crippen LogP contribution in [0, 0.1) is 6.92 Å². The Morgan fingerprint density at radius 3 is 2.49 bits per heavy atom. The third-order valence-electron chi connectivity index (χ3n) is 6.56. The summed E-state index contributed by atoms with van der Waals surface area (Å²) >= 11 is 6.20. The quantitative estimate of drug-likeness (QED) is 0.417. The van der Waals surface area contributed by atoms with E-state index in [4.69, 9.17) is 22.1 Å². The van der Waals surface area contributed by atoms with Crippen LogP contribution in [0.15, 0.2) is 36.4 Å². The number of nitrogens with zero attached hydrogens (tertiary/aromatic N) is 3. The Hall–Kier alpha value is -3.37. The molecule has 3 N–H and O–H groups in total. The number of alkyl halides is 3. The van der Waals surface area contributed by atoms with Gasteiger partial charge in [-0.1, -0.05) is 23.7 Å². The van der Waals surface area contributed by atoms with Crippen molar-refractivity contribution in [2.75, 3.05) is 32.6 Å². The lowest BCUT2D eigenvalue weighted by atomic mass is 9.87. The van der Waals surface area contributed by atoms with Crippen LogP contribution in [0.3, 0.4) is 0 Å². The summed E-state index contributed by atoms with van der Waals surface area (Å²) in [6.45, 7) is 4.09. The van der Waals surface area contributed by atoms with Crippen LogP contribution < -0.4 is 15.8 Å². The zero-order valence-electron chi connectivity index (χ0n) is 20.6. The first-order chi connectivity index (χ1) is 17.5. The van der Waals surface area contributed by atoms with E-state index in [2.05, 4.69) is 27.2 Å². The molecule has 1 fully saturated rings. The second-order valence-electron chi connectivity index (χ2n) is 9.08. The number of hydrogen-bond donors (Lipinski definition) is 2. The third kappa shape index (κ3) is 5.65. The minimum absolute atomic E-state index is 0.0728. The lowest BCUT2D eigenvalue weighted by molar-refractivity contribution is -0.137. The Balaban J connectivity index is 1.77. The van der Waals surface area contributed by atoms with Crippen LogP contribution in [0.1, 0.15) is 45.8 Å². The molecular weight excluding hydrogens is 507 g/mol. The maximum Gasteiger partial charge on any atom is 0.417 e. The number of hydrogen-bond acceptors (Lipinski definition) is 6. The van der Waals surface area contributed by atoms with Crippen molar-refractivity contribution in [3.05, 3.63) is 63.7 Å². The van der Waals surface area contributed by atoms with Crippen molar-refractivity contribution in [1.82, 2.24) is 14.9 Å². The van der Waals surface area contributed by atoms with Crippen molar-refractivity contribution < 1.29 is 22.7 Å². The molecule has 1 aromatic heterocycles. The van der Waals surface area contributed by atoms with Gasteiger partial charge in [0.05, 0.1) is 23.4 Å². The molecule has 3 aromatic rings. The molecule has 196 valence electrons. The number of anilines is 2. The average molecular weight is 534 g/mol. The first kappa shape index (κ1) is 26.7. The van der Waals surface area contributed by atoms with Crippen LogP contribution in [0.4, 0.5) is 24.8 Å². The lowest BCUT2D eigenvalue weighted by Crippen LogP contribution is -2.29. The standard InChI is InChI=1S/C26H27ClF3N5O2/c1-14-13-16(7-8-17(14)15-9-11-35(2)12-10-15)32-25-33-22(21(23(31)36)24(34-25)37-3)20-18(26(28,29)30)5-4-6-19(20)27/h4-8,13,15H,9-12H2,1-3H3,(H2,31,36)(H,32,33,34). The molecule has 1 saturated heterocycles. The second kappa shape index (κ2) is 10.5. The minimum Gasteiger partial charge on any atom is -0.480 e. The highest BCUT2D eigenvalue weighted by atomic mass is 35.5. The van der Waals surface area contributed by atoms with E-state index < -0.39 is 28.8 Å². The average Bonchev–Trinajstić information content (AvgIpc) is 2.83. The molecule has 7 nitrogen and oxygen atoms in total. The summed E-state index contributed by atoms with van der Waals surface area (Å²) in [5.41, 5.74) is 6.15. The number of aryl methyl sites for hydroxylation is 1. The van der Waals surface area contributed by atoms with Gasteiger partial charge in [0.1, 0.15) is 5.56 Å². The highest BCUT2D eigenvalue weighted by Crippen LogP contribution is 2.43. The fourth-order valence-corrected chi connectivity index (χ4v) is 4.97. The number of likely N-dealkylation sites (tertiary alicyclic amines) is 1. The molecular formula is C26H27ClF3N5O2. The minimum atomic E-state index is -4.76. The third-order valence-corrected chi connectivity index (χ3v) is 6.87. The Labute approximate surface area is 217 Å². The number of halogens is 4. The Kier molecular flexibility index (Phi) is 7.61. The SMILES string of the molecule is COc1nc(Nc2ccc(C3CCN(C)CC3)c(C)c2)nc(-c2c(Cl)cccc2C(F)(F)F)c1C(N)=O. The van der Waals surface area contributed by atoms with Crippen molar-refractivity contribution >= 4 is 29.1 Å². The van der Waals surface area contributed by atoms with Gasteiger partial charge in [-0.15, -0.1) is 0 Å². The fraction of sp³-hybridized carbons (Fsp3) is 0.346. The van der Waals surface area contributed by atoms with E-state index in [1.807, 2.05) is 25.1 Å². The molecule has 1 amide bonds. The van der Waals surface area contributed by atoms with Gasteiger partial charge in [0.25, 0.3) is 5.91 Å². The number of piperidine rings is 1. The molecule has 0 spiro atoms. The van der Waals surface area contributed by atoms with E-state index >= 15 is 0 Å². The van der Waals surface area contributed by atoms with Crippen molar-refractivity contribution in [2.24, 2.45) is 5.73 Å². The van der Waals surface area contributed by atoms with Gasteiger partial charge >= 0.3 is 6.18 Å². The number of carbonyl (C=O) groups is 1. The maximum atomic E-state index is 13.9. The molecule has 0 aliphatic carbocycles. The van der Waals surface area contributed by atoms with Crippen molar-refractivity contribution in [2.45, 2.75) is 31.9 Å². The molecule has 1 aliphatic heterocycles. The number of methoxy groups -OCH3 is 1. The van der Waals surface area contributed by atoms with Gasteiger partial charge in [0, 0.05) is 11.3 Å². The summed E-state index contributed by atoms with van der Waals surface area (Å²) in [6.07, 6.45) is -2.62. The molecule has 2 aromatic carbocycles. The van der Waals surface area contributed by atoms with Crippen LogP contribution in [0.2, 0.25) is 5.02 Å². The molecule has 0 saturated carbocycles. The largest absolute Gasteiger partial charge is 0.480 e. The zero-order valence-corrected chi connectivity index (χ0v) is 21.4. The van der Waals surface area contributed by atoms with Crippen molar-refractivity contribution in [3.63, 3.8) is 0 Å². The number of amides is 1. The van der Waals surface area contributed by atoms with Gasteiger partial charge in [-0.3, -0.25) is 4.79 Å². The Morgan fingerprint density at radius 2 is 1.89 bits per heavy atom. The number of aromatic nitrogens is 2. The molecule has 0 bridgehead atoms. The molecule has 1 aliphatic rings. The Morgan fingerprint density at radius 1 is 1.19 bits per heavy atom. The number of nitrogens with one attached hydrogen (secondary N) is 1. The normalized spacial score (nSPS) is 15.0. The van der Waals surface area contributed by atoms with Gasteiger partial charge in [0.2, 0.25) is 11.8 Å². The highest BCUT2D eigenvalue weighted by molar-refractivity contribution is 6.33. The van der Waals surface area contributed by atoms with Crippen LogP contribution >= 0.6 is 11.6 Å². The number of rotatable bonds is 6. The summed E-state index contributed by atoms with van der Waals surface area (Å²) in [5, 5.41) is 2.78. The summed E-state index contributed by atoms with van der Waals surface area (Å²) < 4.78 is 46.8. The molecule has 0 atom stereocenters. The summed E-state index contributed by atoms with van der Waals surface area (Å²) in [7, 11) is 3.35. The number of ether oxygens (including phenoxy) is 1. The smallest absolute Gasteiger partial charge is 0.417 e. The number of primary amides is 1. The van der Waals surface area contributed by atoms with Gasteiger partial charge in [-0.05, 0) is 81.2 Å². The van der Waals surface area contributed by atoms with Crippen LogP contribution in [0.25, 0.3) is 11.3 Å². The molecule has 4 rings (SSSR count). The first-order valence-electron chi connectivity index (χ1n) is 11.7. The Bertz CT molecular complexity index is 1320. The predicted molar refractivity (Wildman–Crippen MR) is 136 cm³/mol. The van der Waals surface area contributed by atoms with Crippen LogP contribution in [-0.4, -0.2) is 48.0 Å². The van der Waals surface area contributed by atoms with E-state index in [9.17, 15) is 18.0 Å². The fourth-order valence-electron chi connectivity index (χ4n) is 4.71. The number of benzene rings is 2. The number of carbonyl (C=O) groups excluding carboxylic acids is 1. The lowest BCUT2D eigenvalue weighted by Gasteiger charge is -2.30. The maximum absolute atomic E-state index is 13.9. The van der Waals surface area contributed by atoms with Gasteiger partial charge < -0.3 is 20.7 Å². The highest BCUT2D eigenvalue weighted by Gasteiger charge is 2.37. The van der Waals surface area contributed by atoms with Crippen LogP contribution in [0.5, 0.6) is 5.88 Å². The van der Waals surface area contributed by atoms with E-state index in [1.165, 1.54) is 24.8 Å². The molecule has 0 unspecified atom stereocenters. The van der Waals surface area contributed by atoms with Crippen molar-refractivity contribution in [1.29, 1.82) is 0 Å². The topological polar surface area (TPSA) is 93.4 Å². The zero-order chi connectivity index (χ0) is 26.9. The van der Waals surface area contributed by atoms with E-state index in [1.54, 1.807) is 0 Å². The molecule has 37 heavy (non-hydrogen) atoms. The van der Waals surface area contributed by atoms with E-state index in [0.717, 1.165) is 37.6 Å².